The van der Waals surface area contributed by atoms with Crippen molar-refractivity contribution in [2.75, 3.05) is 12.0 Å². The molecule has 0 spiro atoms. The SMILES string of the molecule is CSCC(C)NS(=O)(=O)c1cccc(CNC2CC2)c1. The second-order valence-electron chi connectivity index (χ2n) is 5.28. The van der Waals surface area contributed by atoms with E-state index in [4.69, 9.17) is 0 Å². The van der Waals surface area contributed by atoms with Crippen molar-refractivity contribution in [3.63, 3.8) is 0 Å². The second-order valence-corrected chi connectivity index (χ2v) is 7.90. The van der Waals surface area contributed by atoms with Crippen LogP contribution in [-0.2, 0) is 16.6 Å². The molecule has 1 unspecified atom stereocenters. The topological polar surface area (TPSA) is 58.2 Å². The number of hydrogen-bond donors (Lipinski definition) is 2. The molecule has 1 aromatic rings. The lowest BCUT2D eigenvalue weighted by Crippen LogP contribution is -2.34. The van der Waals surface area contributed by atoms with Gasteiger partial charge in [0.1, 0.15) is 0 Å². The van der Waals surface area contributed by atoms with Crippen LogP contribution in [-0.4, -0.2) is 32.5 Å². The minimum absolute atomic E-state index is 0.0664. The molecule has 1 atom stereocenters. The predicted molar refractivity (Wildman–Crippen MR) is 84.5 cm³/mol. The highest BCUT2D eigenvalue weighted by Crippen LogP contribution is 2.20. The zero-order chi connectivity index (χ0) is 14.6. The molecule has 6 heteroatoms. The zero-order valence-corrected chi connectivity index (χ0v) is 13.6. The minimum atomic E-state index is -3.42. The van der Waals surface area contributed by atoms with E-state index in [2.05, 4.69) is 10.0 Å². The molecule has 1 aliphatic carbocycles. The Morgan fingerprint density at radius 1 is 1.40 bits per heavy atom. The van der Waals surface area contributed by atoms with Gasteiger partial charge in [0.05, 0.1) is 4.90 Å². The number of thioether (sulfide) groups is 1. The molecular formula is C14H22N2O2S2. The normalized spacial score (nSPS) is 17.1. The quantitative estimate of drug-likeness (QED) is 0.770. The molecular weight excluding hydrogens is 292 g/mol. The summed E-state index contributed by atoms with van der Waals surface area (Å²) in [6.45, 7) is 2.61. The Kier molecular flexibility index (Phi) is 5.49. The van der Waals surface area contributed by atoms with Gasteiger partial charge in [0, 0.05) is 24.4 Å². The van der Waals surface area contributed by atoms with Gasteiger partial charge in [-0.2, -0.15) is 11.8 Å². The molecule has 1 saturated carbocycles. The highest BCUT2D eigenvalue weighted by Gasteiger charge is 2.21. The Morgan fingerprint density at radius 2 is 2.15 bits per heavy atom. The Bertz CT molecular complexity index is 542. The molecule has 0 saturated heterocycles. The lowest BCUT2D eigenvalue weighted by Gasteiger charge is -2.13. The van der Waals surface area contributed by atoms with E-state index in [1.165, 1.54) is 12.8 Å². The maximum Gasteiger partial charge on any atom is 0.240 e. The van der Waals surface area contributed by atoms with Crippen LogP contribution < -0.4 is 10.0 Å². The average molecular weight is 314 g/mol. The molecule has 2 N–H and O–H groups in total. The average Bonchev–Trinajstić information content (AvgIpc) is 3.20. The van der Waals surface area contributed by atoms with E-state index >= 15 is 0 Å². The highest BCUT2D eigenvalue weighted by molar-refractivity contribution is 7.98. The van der Waals surface area contributed by atoms with Crippen LogP contribution in [0, 0.1) is 0 Å². The van der Waals surface area contributed by atoms with Crippen LogP contribution in [0.25, 0.3) is 0 Å². The summed E-state index contributed by atoms with van der Waals surface area (Å²) in [6.07, 6.45) is 4.42. The first-order valence-electron chi connectivity index (χ1n) is 6.85. The van der Waals surface area contributed by atoms with E-state index in [1.54, 1.807) is 30.0 Å². The standard InChI is InChI=1S/C14H22N2O2S2/c1-11(10-19-2)16-20(17,18)14-5-3-4-12(8-14)9-15-13-6-7-13/h3-5,8,11,13,15-16H,6-7,9-10H2,1-2H3. The summed E-state index contributed by atoms with van der Waals surface area (Å²) in [7, 11) is -3.42. The van der Waals surface area contributed by atoms with E-state index in [0.717, 1.165) is 17.9 Å². The van der Waals surface area contributed by atoms with Crippen molar-refractivity contribution in [1.29, 1.82) is 0 Å². The molecule has 0 heterocycles. The predicted octanol–water partition coefficient (Wildman–Crippen LogP) is 1.97. The van der Waals surface area contributed by atoms with Crippen molar-refractivity contribution in [1.82, 2.24) is 10.0 Å². The first-order chi connectivity index (χ1) is 9.51. The van der Waals surface area contributed by atoms with Gasteiger partial charge in [-0.25, -0.2) is 13.1 Å². The molecule has 2 rings (SSSR count). The van der Waals surface area contributed by atoms with Gasteiger partial charge >= 0.3 is 0 Å². The number of hydrogen-bond acceptors (Lipinski definition) is 4. The Hall–Kier alpha value is -0.560. The van der Waals surface area contributed by atoms with E-state index in [1.807, 2.05) is 19.2 Å². The van der Waals surface area contributed by atoms with Gasteiger partial charge in [0.25, 0.3) is 0 Å². The van der Waals surface area contributed by atoms with Crippen LogP contribution >= 0.6 is 11.8 Å². The molecule has 4 nitrogen and oxygen atoms in total. The van der Waals surface area contributed by atoms with Crippen LogP contribution in [0.5, 0.6) is 0 Å². The third-order valence-corrected chi connectivity index (χ3v) is 5.57. The van der Waals surface area contributed by atoms with Crippen molar-refractivity contribution in [2.45, 2.75) is 43.3 Å². The summed E-state index contributed by atoms with van der Waals surface area (Å²) in [4.78, 5) is 0.348. The molecule has 20 heavy (non-hydrogen) atoms. The summed E-state index contributed by atoms with van der Waals surface area (Å²) >= 11 is 1.63. The van der Waals surface area contributed by atoms with Gasteiger partial charge in [-0.15, -0.1) is 0 Å². The molecule has 0 radical (unpaired) electrons. The molecule has 0 amide bonds. The van der Waals surface area contributed by atoms with Crippen LogP contribution in [0.15, 0.2) is 29.2 Å². The minimum Gasteiger partial charge on any atom is -0.310 e. The zero-order valence-electron chi connectivity index (χ0n) is 11.9. The van der Waals surface area contributed by atoms with Gasteiger partial charge in [-0.05, 0) is 43.7 Å². The van der Waals surface area contributed by atoms with E-state index in [9.17, 15) is 8.42 Å². The fourth-order valence-corrected chi connectivity index (χ4v) is 3.99. The first kappa shape index (κ1) is 15.8. The Labute approximate surface area is 125 Å². The number of sulfonamides is 1. The smallest absolute Gasteiger partial charge is 0.240 e. The van der Waals surface area contributed by atoms with Crippen LogP contribution in [0.4, 0.5) is 0 Å². The largest absolute Gasteiger partial charge is 0.310 e. The number of rotatable bonds is 8. The lowest BCUT2D eigenvalue weighted by molar-refractivity contribution is 0.570. The summed E-state index contributed by atoms with van der Waals surface area (Å²) in [5.41, 5.74) is 1.01. The molecule has 1 aromatic carbocycles. The summed E-state index contributed by atoms with van der Waals surface area (Å²) in [6, 6.07) is 7.72. The molecule has 0 aromatic heterocycles. The van der Waals surface area contributed by atoms with Gasteiger partial charge in [-0.1, -0.05) is 12.1 Å². The monoisotopic (exact) mass is 314 g/mol. The van der Waals surface area contributed by atoms with Crippen molar-refractivity contribution >= 4 is 21.8 Å². The Morgan fingerprint density at radius 3 is 2.80 bits per heavy atom. The first-order valence-corrected chi connectivity index (χ1v) is 9.72. The summed E-state index contributed by atoms with van der Waals surface area (Å²) in [5.74, 6) is 0.766. The van der Waals surface area contributed by atoms with Crippen molar-refractivity contribution in [3.05, 3.63) is 29.8 Å². The lowest BCUT2D eigenvalue weighted by atomic mass is 10.2. The summed E-state index contributed by atoms with van der Waals surface area (Å²) < 4.78 is 27.3. The van der Waals surface area contributed by atoms with Crippen molar-refractivity contribution in [2.24, 2.45) is 0 Å². The van der Waals surface area contributed by atoms with Crippen LogP contribution in [0.3, 0.4) is 0 Å². The molecule has 0 bridgehead atoms. The number of benzene rings is 1. The number of nitrogens with one attached hydrogen (secondary N) is 2. The van der Waals surface area contributed by atoms with Crippen LogP contribution in [0.1, 0.15) is 25.3 Å². The van der Waals surface area contributed by atoms with Gasteiger partial charge in [-0.3, -0.25) is 0 Å². The third kappa shape index (κ3) is 4.77. The van der Waals surface area contributed by atoms with E-state index in [-0.39, 0.29) is 6.04 Å². The molecule has 0 aliphatic heterocycles. The van der Waals surface area contributed by atoms with Gasteiger partial charge in [0.15, 0.2) is 0 Å². The van der Waals surface area contributed by atoms with Gasteiger partial charge < -0.3 is 5.32 Å². The molecule has 1 fully saturated rings. The van der Waals surface area contributed by atoms with Gasteiger partial charge in [0.2, 0.25) is 10.0 Å². The molecule has 1 aliphatic rings. The second kappa shape index (κ2) is 6.93. The van der Waals surface area contributed by atoms with Crippen molar-refractivity contribution < 1.29 is 8.42 Å². The third-order valence-electron chi connectivity index (χ3n) is 3.15. The maximum atomic E-state index is 12.3. The fraction of sp³-hybridized carbons (Fsp3) is 0.571. The van der Waals surface area contributed by atoms with Crippen molar-refractivity contribution in [3.8, 4) is 0 Å². The summed E-state index contributed by atoms with van der Waals surface area (Å²) in [5, 5.41) is 3.39. The Balaban J connectivity index is 2.03. The highest BCUT2D eigenvalue weighted by atomic mass is 32.2. The fourth-order valence-electron chi connectivity index (χ4n) is 1.99. The molecule has 112 valence electrons. The maximum absolute atomic E-state index is 12.3. The van der Waals surface area contributed by atoms with E-state index < -0.39 is 10.0 Å². The van der Waals surface area contributed by atoms with E-state index in [0.29, 0.717) is 10.9 Å². The van der Waals surface area contributed by atoms with Crippen LogP contribution in [0.2, 0.25) is 0 Å².